The lowest BCUT2D eigenvalue weighted by atomic mass is 10.0. The minimum atomic E-state index is 0.107. The molecule has 1 aromatic carbocycles. The summed E-state index contributed by atoms with van der Waals surface area (Å²) in [6.45, 7) is 2.15. The molecule has 0 spiro atoms. The number of hydrogen-bond donors (Lipinski definition) is 2. The number of aromatic hydroxyl groups is 2. The van der Waals surface area contributed by atoms with E-state index in [1.165, 1.54) is 0 Å². The Labute approximate surface area is 113 Å². The van der Waals surface area contributed by atoms with E-state index in [1.807, 2.05) is 0 Å². The fraction of sp³-hybridized carbons (Fsp3) is 0.400. The second kappa shape index (κ2) is 5.78. The molecule has 4 heteroatoms. The van der Waals surface area contributed by atoms with E-state index in [0.717, 1.165) is 31.2 Å². The molecule has 0 radical (unpaired) electrons. The molecule has 0 saturated carbocycles. The Morgan fingerprint density at radius 3 is 2.37 bits per heavy atom. The Kier molecular flexibility index (Phi) is 4.10. The van der Waals surface area contributed by atoms with Crippen LogP contribution in [0.15, 0.2) is 24.4 Å². The van der Waals surface area contributed by atoms with Crippen molar-refractivity contribution in [2.45, 2.75) is 32.6 Å². The van der Waals surface area contributed by atoms with Gasteiger partial charge in [0.1, 0.15) is 11.5 Å². The molecule has 102 valence electrons. The van der Waals surface area contributed by atoms with E-state index in [-0.39, 0.29) is 11.5 Å². The Morgan fingerprint density at radius 1 is 1.16 bits per heavy atom. The smallest absolute Gasteiger partial charge is 0.128 e. The van der Waals surface area contributed by atoms with Crippen molar-refractivity contribution < 1.29 is 10.2 Å². The highest BCUT2D eigenvalue weighted by atomic mass is 16.3. The summed E-state index contributed by atoms with van der Waals surface area (Å²) < 4.78 is 1.63. The first kappa shape index (κ1) is 13.5. The molecular formula is C15H20N2O2. The molecule has 2 rings (SSSR count). The highest BCUT2D eigenvalue weighted by molar-refractivity contribution is 5.74. The van der Waals surface area contributed by atoms with Crippen molar-refractivity contribution in [3.63, 3.8) is 0 Å². The number of aryl methyl sites for hydroxylation is 2. The first-order chi connectivity index (χ1) is 9.13. The molecule has 1 aromatic heterocycles. The zero-order valence-corrected chi connectivity index (χ0v) is 11.4. The highest BCUT2D eigenvalue weighted by Crippen LogP contribution is 2.38. The Morgan fingerprint density at radius 2 is 1.84 bits per heavy atom. The van der Waals surface area contributed by atoms with Crippen LogP contribution in [0.1, 0.15) is 31.7 Å². The minimum absolute atomic E-state index is 0.107. The first-order valence-electron chi connectivity index (χ1n) is 6.66. The van der Waals surface area contributed by atoms with E-state index in [0.29, 0.717) is 11.3 Å². The number of benzene rings is 1. The Bertz CT molecular complexity index is 538. The van der Waals surface area contributed by atoms with E-state index in [1.54, 1.807) is 36.1 Å². The number of nitrogens with zero attached hydrogens (tertiary/aromatic N) is 2. The number of rotatable bonds is 5. The third-order valence-electron chi connectivity index (χ3n) is 3.30. The van der Waals surface area contributed by atoms with Crippen LogP contribution in [0.4, 0.5) is 0 Å². The quantitative estimate of drug-likeness (QED) is 0.811. The fourth-order valence-electron chi connectivity index (χ4n) is 2.27. The minimum Gasteiger partial charge on any atom is -0.507 e. The van der Waals surface area contributed by atoms with E-state index < -0.39 is 0 Å². The van der Waals surface area contributed by atoms with Gasteiger partial charge in [0, 0.05) is 13.2 Å². The van der Waals surface area contributed by atoms with Crippen LogP contribution in [-0.2, 0) is 13.5 Å². The summed E-state index contributed by atoms with van der Waals surface area (Å²) >= 11 is 0. The molecule has 0 saturated heterocycles. The van der Waals surface area contributed by atoms with Gasteiger partial charge in [-0.05, 0) is 36.6 Å². The molecule has 0 amide bonds. The molecular weight excluding hydrogens is 240 g/mol. The van der Waals surface area contributed by atoms with Gasteiger partial charge >= 0.3 is 0 Å². The first-order valence-corrected chi connectivity index (χ1v) is 6.66. The van der Waals surface area contributed by atoms with Gasteiger partial charge in [0.25, 0.3) is 0 Å². The largest absolute Gasteiger partial charge is 0.507 e. The summed E-state index contributed by atoms with van der Waals surface area (Å²) in [6, 6.07) is 5.24. The number of aromatic nitrogens is 2. The van der Waals surface area contributed by atoms with Gasteiger partial charge in [-0.3, -0.25) is 4.68 Å². The van der Waals surface area contributed by atoms with Gasteiger partial charge in [-0.25, -0.2) is 0 Å². The van der Waals surface area contributed by atoms with Crippen molar-refractivity contribution in [3.05, 3.63) is 30.0 Å². The highest BCUT2D eigenvalue weighted by Gasteiger charge is 2.14. The number of phenolic OH excluding ortho intramolecular Hbond substituents is 2. The molecule has 0 bridgehead atoms. The lowest BCUT2D eigenvalue weighted by Crippen LogP contribution is -1.95. The number of phenols is 2. The number of hydrogen-bond acceptors (Lipinski definition) is 3. The molecule has 0 aliphatic rings. The van der Waals surface area contributed by atoms with Crippen molar-refractivity contribution >= 4 is 0 Å². The average molecular weight is 260 g/mol. The zero-order valence-electron chi connectivity index (χ0n) is 11.4. The standard InChI is InChI=1S/C15H20N2O2/c1-3-4-5-6-11-9-13(18)15(14(19)10-11)12-7-8-16-17(12)2/h7-10,18-19H,3-6H2,1-2H3. The van der Waals surface area contributed by atoms with E-state index in [9.17, 15) is 10.2 Å². The summed E-state index contributed by atoms with van der Waals surface area (Å²) in [5, 5.41) is 24.3. The molecule has 0 fully saturated rings. The molecule has 1 heterocycles. The third kappa shape index (κ3) is 2.89. The summed E-state index contributed by atoms with van der Waals surface area (Å²) in [6.07, 6.45) is 5.90. The Balaban J connectivity index is 2.30. The predicted octanol–water partition coefficient (Wildman–Crippen LogP) is 3.23. The monoisotopic (exact) mass is 260 g/mol. The summed E-state index contributed by atoms with van der Waals surface area (Å²) in [4.78, 5) is 0. The maximum atomic E-state index is 10.1. The lowest BCUT2D eigenvalue weighted by molar-refractivity contribution is 0.451. The summed E-state index contributed by atoms with van der Waals surface area (Å²) in [5.41, 5.74) is 2.11. The van der Waals surface area contributed by atoms with Crippen LogP contribution in [0, 0.1) is 0 Å². The second-order valence-electron chi connectivity index (χ2n) is 4.81. The van der Waals surface area contributed by atoms with E-state index >= 15 is 0 Å². The predicted molar refractivity (Wildman–Crippen MR) is 75.2 cm³/mol. The van der Waals surface area contributed by atoms with E-state index in [2.05, 4.69) is 12.0 Å². The topological polar surface area (TPSA) is 58.3 Å². The normalized spacial score (nSPS) is 10.8. The zero-order chi connectivity index (χ0) is 13.8. The van der Waals surface area contributed by atoms with Crippen molar-refractivity contribution in [1.29, 1.82) is 0 Å². The van der Waals surface area contributed by atoms with Gasteiger partial charge in [-0.1, -0.05) is 19.8 Å². The molecule has 0 atom stereocenters. The van der Waals surface area contributed by atoms with Crippen molar-refractivity contribution in [3.8, 4) is 22.8 Å². The summed E-state index contributed by atoms with van der Waals surface area (Å²) in [7, 11) is 1.78. The molecule has 2 aromatic rings. The van der Waals surface area contributed by atoms with Gasteiger partial charge in [0.05, 0.1) is 11.3 Å². The van der Waals surface area contributed by atoms with Crippen LogP contribution in [-0.4, -0.2) is 20.0 Å². The van der Waals surface area contributed by atoms with Crippen molar-refractivity contribution in [1.82, 2.24) is 9.78 Å². The number of unbranched alkanes of at least 4 members (excludes halogenated alkanes) is 2. The van der Waals surface area contributed by atoms with Crippen molar-refractivity contribution in [2.75, 3.05) is 0 Å². The summed E-state index contributed by atoms with van der Waals surface area (Å²) in [5.74, 6) is 0.213. The van der Waals surface area contributed by atoms with Crippen molar-refractivity contribution in [2.24, 2.45) is 7.05 Å². The molecule has 0 aliphatic heterocycles. The van der Waals surface area contributed by atoms with Crippen LogP contribution in [0.2, 0.25) is 0 Å². The van der Waals surface area contributed by atoms with E-state index in [4.69, 9.17) is 0 Å². The third-order valence-corrected chi connectivity index (χ3v) is 3.30. The molecule has 0 unspecified atom stereocenters. The van der Waals surface area contributed by atoms with Crippen LogP contribution in [0.25, 0.3) is 11.3 Å². The average Bonchev–Trinajstić information content (AvgIpc) is 2.75. The lowest BCUT2D eigenvalue weighted by Gasteiger charge is -2.10. The van der Waals surface area contributed by atoms with Crippen LogP contribution < -0.4 is 0 Å². The second-order valence-corrected chi connectivity index (χ2v) is 4.81. The van der Waals surface area contributed by atoms with Crippen LogP contribution in [0.5, 0.6) is 11.5 Å². The maximum absolute atomic E-state index is 10.1. The SMILES string of the molecule is CCCCCc1cc(O)c(-c2ccnn2C)c(O)c1. The van der Waals surface area contributed by atoms with Gasteiger partial charge in [0.2, 0.25) is 0 Å². The van der Waals surface area contributed by atoms with Gasteiger partial charge < -0.3 is 10.2 Å². The van der Waals surface area contributed by atoms with Gasteiger partial charge in [-0.15, -0.1) is 0 Å². The van der Waals surface area contributed by atoms with Gasteiger partial charge in [-0.2, -0.15) is 5.10 Å². The molecule has 2 N–H and O–H groups in total. The Hall–Kier alpha value is -1.97. The maximum Gasteiger partial charge on any atom is 0.128 e. The van der Waals surface area contributed by atoms with Crippen LogP contribution >= 0.6 is 0 Å². The molecule has 4 nitrogen and oxygen atoms in total. The van der Waals surface area contributed by atoms with Crippen LogP contribution in [0.3, 0.4) is 0 Å². The molecule has 0 aliphatic carbocycles. The fourth-order valence-corrected chi connectivity index (χ4v) is 2.27. The van der Waals surface area contributed by atoms with Gasteiger partial charge in [0.15, 0.2) is 0 Å². The molecule has 19 heavy (non-hydrogen) atoms.